The fourth-order valence-corrected chi connectivity index (χ4v) is 1.97. The monoisotopic (exact) mass is 263 g/mol. The lowest BCUT2D eigenvalue weighted by molar-refractivity contribution is -0.128. The first-order valence-electron chi connectivity index (χ1n) is 6.71. The molecule has 2 unspecified atom stereocenters. The van der Waals surface area contributed by atoms with E-state index in [9.17, 15) is 4.79 Å². The third-order valence-corrected chi connectivity index (χ3v) is 3.44. The molecule has 2 rings (SSSR count). The Morgan fingerprint density at radius 2 is 1.79 bits per heavy atom. The smallest absolute Gasteiger partial charge is 0.260 e. The first-order valence-corrected chi connectivity index (χ1v) is 6.71. The predicted molar refractivity (Wildman–Crippen MR) is 73.4 cm³/mol. The Labute approximate surface area is 114 Å². The van der Waals surface area contributed by atoms with E-state index in [0.29, 0.717) is 11.7 Å². The van der Waals surface area contributed by atoms with Crippen molar-refractivity contribution in [3.63, 3.8) is 0 Å². The molecule has 104 valence electrons. The second kappa shape index (κ2) is 5.95. The van der Waals surface area contributed by atoms with E-state index in [1.54, 1.807) is 26.2 Å². The van der Waals surface area contributed by atoms with Crippen LogP contribution in [0.25, 0.3) is 0 Å². The van der Waals surface area contributed by atoms with Gasteiger partial charge in [0.05, 0.1) is 7.11 Å². The molecule has 1 aliphatic rings. The van der Waals surface area contributed by atoms with Crippen LogP contribution in [0.4, 0.5) is 0 Å². The highest BCUT2D eigenvalue weighted by atomic mass is 16.5. The molecule has 1 fully saturated rings. The van der Waals surface area contributed by atoms with Gasteiger partial charge in [0.25, 0.3) is 5.91 Å². The lowest BCUT2D eigenvalue weighted by atomic mass is 10.2. The molecular formula is C15H21NO3. The van der Waals surface area contributed by atoms with Crippen LogP contribution in [0.15, 0.2) is 24.3 Å². The number of hydrogen-bond acceptors (Lipinski definition) is 3. The maximum absolute atomic E-state index is 12.0. The summed E-state index contributed by atoms with van der Waals surface area (Å²) in [6.07, 6.45) is 1.94. The summed E-state index contributed by atoms with van der Waals surface area (Å²) < 4.78 is 10.7. The molecule has 1 aliphatic carbocycles. The topological polar surface area (TPSA) is 47.6 Å². The van der Waals surface area contributed by atoms with Gasteiger partial charge in [-0.2, -0.15) is 0 Å². The minimum atomic E-state index is -0.491. The molecule has 0 heterocycles. The van der Waals surface area contributed by atoms with Crippen LogP contribution in [0, 0.1) is 5.92 Å². The average molecular weight is 263 g/mol. The molecule has 1 aromatic rings. The third kappa shape index (κ3) is 3.88. The van der Waals surface area contributed by atoms with Crippen molar-refractivity contribution < 1.29 is 14.3 Å². The largest absolute Gasteiger partial charge is 0.497 e. The maximum Gasteiger partial charge on any atom is 0.260 e. The molecule has 0 aromatic heterocycles. The summed E-state index contributed by atoms with van der Waals surface area (Å²) in [5, 5.41) is 3.00. The number of amides is 1. The van der Waals surface area contributed by atoms with E-state index in [2.05, 4.69) is 12.2 Å². The molecule has 4 heteroatoms. The molecule has 1 aromatic carbocycles. The van der Waals surface area contributed by atoms with Crippen LogP contribution < -0.4 is 14.8 Å². The number of methoxy groups -OCH3 is 1. The van der Waals surface area contributed by atoms with E-state index in [-0.39, 0.29) is 11.9 Å². The van der Waals surface area contributed by atoms with Crippen molar-refractivity contribution in [2.75, 3.05) is 7.11 Å². The molecule has 0 aliphatic heterocycles. The summed E-state index contributed by atoms with van der Waals surface area (Å²) in [4.78, 5) is 12.0. The van der Waals surface area contributed by atoms with E-state index in [1.807, 2.05) is 12.1 Å². The molecule has 1 N–H and O–H groups in total. The Hall–Kier alpha value is -1.71. The van der Waals surface area contributed by atoms with Crippen molar-refractivity contribution in [3.8, 4) is 11.5 Å². The van der Waals surface area contributed by atoms with Crippen molar-refractivity contribution in [2.45, 2.75) is 38.8 Å². The molecular weight excluding hydrogens is 242 g/mol. The molecule has 19 heavy (non-hydrogen) atoms. The normalized spacial score (nSPS) is 17.4. The van der Waals surface area contributed by atoms with Gasteiger partial charge in [0.15, 0.2) is 6.10 Å². The zero-order valence-corrected chi connectivity index (χ0v) is 11.7. The minimum Gasteiger partial charge on any atom is -0.497 e. The van der Waals surface area contributed by atoms with Crippen molar-refractivity contribution >= 4 is 5.91 Å². The van der Waals surface area contributed by atoms with Gasteiger partial charge in [-0.05, 0) is 56.9 Å². The molecule has 0 bridgehead atoms. The summed E-state index contributed by atoms with van der Waals surface area (Å²) in [6.45, 7) is 3.81. The number of nitrogens with one attached hydrogen (secondary N) is 1. The zero-order chi connectivity index (χ0) is 13.8. The van der Waals surface area contributed by atoms with E-state index in [0.717, 1.165) is 5.75 Å². The molecule has 4 nitrogen and oxygen atoms in total. The molecule has 1 saturated carbocycles. The Balaban J connectivity index is 1.84. The van der Waals surface area contributed by atoms with Crippen LogP contribution in [0.3, 0.4) is 0 Å². The van der Waals surface area contributed by atoms with Crippen molar-refractivity contribution in [1.82, 2.24) is 5.32 Å². The van der Waals surface area contributed by atoms with Crippen LogP contribution in [-0.2, 0) is 4.79 Å². The van der Waals surface area contributed by atoms with E-state index in [4.69, 9.17) is 9.47 Å². The highest BCUT2D eigenvalue weighted by Crippen LogP contribution is 2.32. The van der Waals surface area contributed by atoms with Gasteiger partial charge in [-0.15, -0.1) is 0 Å². The van der Waals surface area contributed by atoms with Crippen LogP contribution >= 0.6 is 0 Å². The van der Waals surface area contributed by atoms with Crippen molar-refractivity contribution in [1.29, 1.82) is 0 Å². The number of rotatable bonds is 6. The van der Waals surface area contributed by atoms with E-state index < -0.39 is 6.10 Å². The molecule has 0 spiro atoms. The van der Waals surface area contributed by atoms with E-state index in [1.165, 1.54) is 12.8 Å². The fourth-order valence-electron chi connectivity index (χ4n) is 1.97. The zero-order valence-electron chi connectivity index (χ0n) is 11.7. The van der Waals surface area contributed by atoms with Gasteiger partial charge >= 0.3 is 0 Å². The van der Waals surface area contributed by atoms with Crippen molar-refractivity contribution in [2.24, 2.45) is 5.92 Å². The number of carbonyl (C=O) groups excluding carboxylic acids is 1. The van der Waals surface area contributed by atoms with Gasteiger partial charge in [0.2, 0.25) is 0 Å². The summed E-state index contributed by atoms with van der Waals surface area (Å²) in [5.41, 5.74) is 0. The van der Waals surface area contributed by atoms with Crippen molar-refractivity contribution in [3.05, 3.63) is 24.3 Å². The van der Waals surface area contributed by atoms with Gasteiger partial charge in [-0.1, -0.05) is 0 Å². The molecule has 2 atom stereocenters. The number of ether oxygens (including phenoxy) is 2. The first-order chi connectivity index (χ1) is 9.10. The molecule has 0 saturated heterocycles. The number of benzene rings is 1. The SMILES string of the molecule is COc1ccc(OC(C)C(=O)NC(C)C2CC2)cc1. The van der Waals surface area contributed by atoms with Crippen LogP contribution in [-0.4, -0.2) is 25.2 Å². The summed E-state index contributed by atoms with van der Waals surface area (Å²) in [6, 6.07) is 7.47. The Kier molecular flexibility index (Phi) is 4.30. The molecule has 0 radical (unpaired) electrons. The number of carbonyl (C=O) groups is 1. The van der Waals surface area contributed by atoms with Crippen LogP contribution in [0.2, 0.25) is 0 Å². The van der Waals surface area contributed by atoms with Gasteiger partial charge in [0, 0.05) is 6.04 Å². The summed E-state index contributed by atoms with van der Waals surface area (Å²) >= 11 is 0. The van der Waals surface area contributed by atoms with Crippen LogP contribution in [0.5, 0.6) is 11.5 Å². The number of hydrogen-bond donors (Lipinski definition) is 1. The quantitative estimate of drug-likeness (QED) is 0.857. The average Bonchev–Trinajstić information content (AvgIpc) is 3.23. The third-order valence-electron chi connectivity index (χ3n) is 3.44. The Bertz CT molecular complexity index is 426. The van der Waals surface area contributed by atoms with Gasteiger partial charge in [0.1, 0.15) is 11.5 Å². The lowest BCUT2D eigenvalue weighted by Crippen LogP contribution is -2.42. The summed E-state index contributed by atoms with van der Waals surface area (Å²) in [7, 11) is 1.62. The lowest BCUT2D eigenvalue weighted by Gasteiger charge is -2.18. The van der Waals surface area contributed by atoms with E-state index >= 15 is 0 Å². The first kappa shape index (κ1) is 13.7. The predicted octanol–water partition coefficient (Wildman–Crippen LogP) is 2.38. The highest BCUT2D eigenvalue weighted by Gasteiger charge is 2.30. The Morgan fingerprint density at radius 1 is 1.21 bits per heavy atom. The summed E-state index contributed by atoms with van der Waals surface area (Å²) in [5.74, 6) is 2.03. The van der Waals surface area contributed by atoms with Crippen LogP contribution in [0.1, 0.15) is 26.7 Å². The van der Waals surface area contributed by atoms with Gasteiger partial charge in [-0.3, -0.25) is 4.79 Å². The second-order valence-electron chi connectivity index (χ2n) is 5.07. The standard InChI is InChI=1S/C15H21NO3/c1-10(12-4-5-12)16-15(17)11(2)19-14-8-6-13(18-3)7-9-14/h6-12H,4-5H2,1-3H3,(H,16,17). The minimum absolute atomic E-state index is 0.0600. The highest BCUT2D eigenvalue weighted by molar-refractivity contribution is 5.81. The maximum atomic E-state index is 12.0. The fraction of sp³-hybridized carbons (Fsp3) is 0.533. The Morgan fingerprint density at radius 3 is 2.32 bits per heavy atom. The second-order valence-corrected chi connectivity index (χ2v) is 5.07. The molecule has 1 amide bonds. The van der Waals surface area contributed by atoms with Gasteiger partial charge in [-0.25, -0.2) is 0 Å². The van der Waals surface area contributed by atoms with Gasteiger partial charge < -0.3 is 14.8 Å².